The van der Waals surface area contributed by atoms with Gasteiger partial charge in [0, 0.05) is 26.3 Å². The third-order valence-corrected chi connectivity index (χ3v) is 3.54. The van der Waals surface area contributed by atoms with E-state index in [-0.39, 0.29) is 17.4 Å². The van der Waals surface area contributed by atoms with Crippen LogP contribution in [0.5, 0.6) is 0 Å². The number of ether oxygens (including phenoxy) is 1. The molecule has 1 N–H and O–H groups in total. The van der Waals surface area contributed by atoms with Gasteiger partial charge in [0.1, 0.15) is 5.69 Å². The van der Waals surface area contributed by atoms with E-state index >= 15 is 0 Å². The summed E-state index contributed by atoms with van der Waals surface area (Å²) in [5.74, 6) is -1.17. The molecule has 1 aliphatic rings. The Morgan fingerprint density at radius 3 is 2.60 bits per heavy atom. The topological polar surface area (TPSA) is 92.9 Å². The molecule has 0 aliphatic carbocycles. The van der Waals surface area contributed by atoms with Crippen LogP contribution in [-0.4, -0.2) is 42.3 Å². The van der Waals surface area contributed by atoms with E-state index < -0.39 is 10.9 Å². The molecule has 20 heavy (non-hydrogen) atoms. The number of nitro groups is 1. The van der Waals surface area contributed by atoms with Crippen molar-refractivity contribution in [2.24, 2.45) is 0 Å². The van der Waals surface area contributed by atoms with Crippen LogP contribution < -0.4 is 4.90 Å². The van der Waals surface area contributed by atoms with E-state index in [1.807, 2.05) is 4.90 Å². The molecule has 1 fully saturated rings. The van der Waals surface area contributed by atoms with E-state index in [4.69, 9.17) is 9.84 Å². The molecule has 7 heteroatoms. The number of nitro benzene ring substituents is 1. The zero-order valence-corrected chi connectivity index (χ0v) is 11.1. The van der Waals surface area contributed by atoms with Gasteiger partial charge < -0.3 is 14.7 Å². The SMILES string of the molecule is COC1CCN(c2ccc(C(=O)O)cc2[N+](=O)[O-])CC1. The minimum Gasteiger partial charge on any atom is -0.478 e. The smallest absolute Gasteiger partial charge is 0.335 e. The Morgan fingerprint density at radius 2 is 2.10 bits per heavy atom. The van der Waals surface area contributed by atoms with Crippen molar-refractivity contribution in [2.45, 2.75) is 18.9 Å². The second kappa shape index (κ2) is 5.87. The van der Waals surface area contributed by atoms with Crippen molar-refractivity contribution < 1.29 is 19.6 Å². The van der Waals surface area contributed by atoms with E-state index in [0.717, 1.165) is 18.9 Å². The quantitative estimate of drug-likeness (QED) is 0.669. The third kappa shape index (κ3) is 2.88. The maximum absolute atomic E-state index is 11.1. The van der Waals surface area contributed by atoms with Gasteiger partial charge in [-0.25, -0.2) is 4.79 Å². The minimum absolute atomic E-state index is 0.0766. The molecule has 1 heterocycles. The Balaban J connectivity index is 2.27. The Labute approximate surface area is 115 Å². The standard InChI is InChI=1S/C13H16N2O5/c1-20-10-4-6-14(7-5-10)11-3-2-9(13(16)17)8-12(11)15(18)19/h2-3,8,10H,4-7H2,1H3,(H,16,17). The van der Waals surface area contributed by atoms with Gasteiger partial charge in [0.05, 0.1) is 16.6 Å². The van der Waals surface area contributed by atoms with Crippen LogP contribution in [0, 0.1) is 10.1 Å². The Kier molecular flexibility index (Phi) is 4.19. The predicted molar refractivity (Wildman–Crippen MR) is 72.3 cm³/mol. The van der Waals surface area contributed by atoms with Crippen molar-refractivity contribution >= 4 is 17.3 Å². The van der Waals surface area contributed by atoms with Crippen molar-refractivity contribution in [1.82, 2.24) is 0 Å². The van der Waals surface area contributed by atoms with E-state index in [1.54, 1.807) is 7.11 Å². The highest BCUT2D eigenvalue weighted by Gasteiger charge is 2.25. The van der Waals surface area contributed by atoms with Gasteiger partial charge in [-0.3, -0.25) is 10.1 Å². The summed E-state index contributed by atoms with van der Waals surface area (Å²) >= 11 is 0. The monoisotopic (exact) mass is 280 g/mol. The highest BCUT2D eigenvalue weighted by Crippen LogP contribution is 2.31. The molecule has 0 unspecified atom stereocenters. The first-order valence-corrected chi connectivity index (χ1v) is 6.32. The molecule has 108 valence electrons. The lowest BCUT2D eigenvalue weighted by molar-refractivity contribution is -0.384. The Bertz CT molecular complexity index is 523. The molecule has 0 saturated carbocycles. The van der Waals surface area contributed by atoms with Crippen LogP contribution in [0.1, 0.15) is 23.2 Å². The molecule has 0 aromatic heterocycles. The number of carboxylic acid groups (broad SMARTS) is 1. The number of rotatable bonds is 4. The van der Waals surface area contributed by atoms with Gasteiger partial charge in [0.15, 0.2) is 0 Å². The van der Waals surface area contributed by atoms with Crippen molar-refractivity contribution in [3.8, 4) is 0 Å². The Morgan fingerprint density at radius 1 is 1.45 bits per heavy atom. The van der Waals surface area contributed by atoms with Gasteiger partial charge in [0.25, 0.3) is 5.69 Å². The molecule has 0 spiro atoms. The number of piperidine rings is 1. The highest BCUT2D eigenvalue weighted by molar-refractivity contribution is 5.89. The minimum atomic E-state index is -1.17. The van der Waals surface area contributed by atoms with Gasteiger partial charge >= 0.3 is 5.97 Å². The fourth-order valence-corrected chi connectivity index (χ4v) is 2.40. The molecule has 0 amide bonds. The second-order valence-corrected chi connectivity index (χ2v) is 4.69. The summed E-state index contributed by atoms with van der Waals surface area (Å²) in [5, 5.41) is 20.0. The molecule has 1 saturated heterocycles. The number of methoxy groups -OCH3 is 1. The van der Waals surface area contributed by atoms with Crippen LogP contribution in [0.25, 0.3) is 0 Å². The number of benzene rings is 1. The summed E-state index contributed by atoms with van der Waals surface area (Å²) in [6, 6.07) is 4.02. The van der Waals surface area contributed by atoms with Gasteiger partial charge in [0.2, 0.25) is 0 Å². The summed E-state index contributed by atoms with van der Waals surface area (Å²) < 4.78 is 5.27. The third-order valence-electron chi connectivity index (χ3n) is 3.54. The number of hydrogen-bond donors (Lipinski definition) is 1. The first-order valence-electron chi connectivity index (χ1n) is 6.32. The van der Waals surface area contributed by atoms with E-state index in [1.165, 1.54) is 12.1 Å². The first kappa shape index (κ1) is 14.3. The molecule has 1 aromatic carbocycles. The highest BCUT2D eigenvalue weighted by atomic mass is 16.6. The van der Waals surface area contributed by atoms with E-state index in [2.05, 4.69) is 0 Å². The number of aromatic carboxylic acids is 1. The molecular weight excluding hydrogens is 264 g/mol. The van der Waals surface area contributed by atoms with Gasteiger partial charge in [-0.15, -0.1) is 0 Å². The van der Waals surface area contributed by atoms with Crippen molar-refractivity contribution in [3.05, 3.63) is 33.9 Å². The number of nitrogens with zero attached hydrogens (tertiary/aromatic N) is 2. The predicted octanol–water partition coefficient (Wildman–Crippen LogP) is 1.91. The van der Waals surface area contributed by atoms with E-state index in [0.29, 0.717) is 18.8 Å². The Hall–Kier alpha value is -2.15. The zero-order chi connectivity index (χ0) is 14.7. The fourth-order valence-electron chi connectivity index (χ4n) is 2.40. The molecule has 1 aliphatic heterocycles. The first-order chi connectivity index (χ1) is 9.52. The van der Waals surface area contributed by atoms with Crippen LogP contribution >= 0.6 is 0 Å². The lowest BCUT2D eigenvalue weighted by atomic mass is 10.1. The summed E-state index contributed by atoms with van der Waals surface area (Å²) in [5.41, 5.74) is 0.225. The molecule has 2 rings (SSSR count). The maximum Gasteiger partial charge on any atom is 0.335 e. The largest absolute Gasteiger partial charge is 0.478 e. The average Bonchev–Trinajstić information content (AvgIpc) is 2.46. The molecule has 7 nitrogen and oxygen atoms in total. The second-order valence-electron chi connectivity index (χ2n) is 4.69. The van der Waals surface area contributed by atoms with Crippen molar-refractivity contribution in [2.75, 3.05) is 25.1 Å². The van der Waals surface area contributed by atoms with Crippen LogP contribution in [0.15, 0.2) is 18.2 Å². The van der Waals surface area contributed by atoms with Crippen molar-refractivity contribution in [1.29, 1.82) is 0 Å². The van der Waals surface area contributed by atoms with Crippen LogP contribution in [0.2, 0.25) is 0 Å². The number of carbonyl (C=O) groups is 1. The molecule has 0 atom stereocenters. The zero-order valence-electron chi connectivity index (χ0n) is 11.1. The molecule has 1 aromatic rings. The van der Waals surface area contributed by atoms with Crippen LogP contribution in [-0.2, 0) is 4.74 Å². The molecule has 0 radical (unpaired) electrons. The van der Waals surface area contributed by atoms with E-state index in [9.17, 15) is 14.9 Å². The number of anilines is 1. The van der Waals surface area contributed by atoms with Gasteiger partial charge in [-0.2, -0.15) is 0 Å². The van der Waals surface area contributed by atoms with Gasteiger partial charge in [-0.1, -0.05) is 0 Å². The van der Waals surface area contributed by atoms with Crippen molar-refractivity contribution in [3.63, 3.8) is 0 Å². The summed E-state index contributed by atoms with van der Waals surface area (Å²) in [6.45, 7) is 1.32. The molecule has 0 bridgehead atoms. The van der Waals surface area contributed by atoms with Crippen LogP contribution in [0.3, 0.4) is 0 Å². The maximum atomic E-state index is 11.1. The summed E-state index contributed by atoms with van der Waals surface area (Å²) in [6.07, 6.45) is 1.78. The normalized spacial score (nSPS) is 16.1. The summed E-state index contributed by atoms with van der Waals surface area (Å²) in [7, 11) is 1.66. The van der Waals surface area contributed by atoms with Crippen LogP contribution in [0.4, 0.5) is 11.4 Å². The fraction of sp³-hybridized carbons (Fsp3) is 0.462. The average molecular weight is 280 g/mol. The van der Waals surface area contributed by atoms with Gasteiger partial charge in [-0.05, 0) is 25.0 Å². The molecular formula is C13H16N2O5. The number of hydrogen-bond acceptors (Lipinski definition) is 5. The number of carboxylic acids is 1. The lowest BCUT2D eigenvalue weighted by Gasteiger charge is -2.32. The summed E-state index contributed by atoms with van der Waals surface area (Å²) in [4.78, 5) is 23.4. The lowest BCUT2D eigenvalue weighted by Crippen LogP contribution is -2.37.